The van der Waals surface area contributed by atoms with Crippen molar-refractivity contribution in [1.29, 1.82) is 0 Å². The number of rotatable bonds is 8. The first-order valence-electron chi connectivity index (χ1n) is 18.6. The van der Waals surface area contributed by atoms with Gasteiger partial charge in [0.25, 0.3) is 5.91 Å². The van der Waals surface area contributed by atoms with Crippen molar-refractivity contribution in [3.63, 3.8) is 0 Å². The summed E-state index contributed by atoms with van der Waals surface area (Å²) in [6.45, 7) is 4.03. The third-order valence-corrected chi connectivity index (χ3v) is 11.8. The van der Waals surface area contributed by atoms with Gasteiger partial charge in [-0.1, -0.05) is 17.3 Å². The van der Waals surface area contributed by atoms with E-state index in [-0.39, 0.29) is 17.5 Å². The van der Waals surface area contributed by atoms with Crippen molar-refractivity contribution < 1.29 is 18.9 Å². The van der Waals surface area contributed by atoms with Crippen LogP contribution in [0, 0.1) is 0 Å². The first-order valence-corrected chi connectivity index (χ1v) is 18.6. The van der Waals surface area contributed by atoms with E-state index in [1.165, 1.54) is 12.0 Å². The summed E-state index contributed by atoms with van der Waals surface area (Å²) in [5.41, 5.74) is 10.4. The van der Waals surface area contributed by atoms with Gasteiger partial charge in [0.1, 0.15) is 11.5 Å². The molecule has 4 fully saturated rings. The van der Waals surface area contributed by atoms with Gasteiger partial charge in [0, 0.05) is 54.4 Å². The number of hydrogen-bond donors (Lipinski definition) is 3. The predicted octanol–water partition coefficient (Wildman–Crippen LogP) is 5.51. The molecule has 268 valence electrons. The first kappa shape index (κ1) is 32.6. The van der Waals surface area contributed by atoms with Gasteiger partial charge in [-0.3, -0.25) is 19.7 Å². The van der Waals surface area contributed by atoms with Crippen LogP contribution < -0.4 is 21.3 Å². The zero-order valence-electron chi connectivity index (χ0n) is 29.1. The van der Waals surface area contributed by atoms with E-state index in [2.05, 4.69) is 77.7 Å². The number of nitrogens with zero attached hydrogens (tertiary/aromatic N) is 6. The SMILES string of the molecule is NC(=O)c1ncc(N2CCCCC2)nc1Nc1ccc(C2CCN([C@H]3C[C@@H](n4ccc5c6c(C7CCC(=O)NC7=O)noc6ccc54)C3)CC2)cc1. The maximum atomic E-state index is 12.7. The van der Waals surface area contributed by atoms with Crippen LogP contribution >= 0.6 is 0 Å². The minimum Gasteiger partial charge on any atom is -0.364 e. The van der Waals surface area contributed by atoms with E-state index in [0.29, 0.717) is 47.9 Å². The van der Waals surface area contributed by atoms with Crippen LogP contribution in [-0.4, -0.2) is 74.5 Å². The van der Waals surface area contributed by atoms with Crippen molar-refractivity contribution in [1.82, 2.24) is 29.9 Å². The number of primary amides is 1. The molecule has 1 aliphatic carbocycles. The van der Waals surface area contributed by atoms with Crippen molar-refractivity contribution in [2.24, 2.45) is 5.73 Å². The minimum absolute atomic E-state index is 0.145. The molecule has 3 aromatic heterocycles. The Labute approximate surface area is 300 Å². The summed E-state index contributed by atoms with van der Waals surface area (Å²) in [6.07, 6.45) is 12.5. The van der Waals surface area contributed by atoms with E-state index in [0.717, 1.165) is 92.5 Å². The number of imide groups is 1. The number of fused-ring (bicyclic) bond motifs is 3. The highest BCUT2D eigenvalue weighted by atomic mass is 16.5. The molecule has 0 bridgehead atoms. The molecule has 2 aromatic carbocycles. The van der Waals surface area contributed by atoms with Gasteiger partial charge in [0.05, 0.1) is 17.5 Å². The van der Waals surface area contributed by atoms with E-state index < -0.39 is 11.8 Å². The van der Waals surface area contributed by atoms with Gasteiger partial charge < -0.3 is 29.9 Å². The zero-order chi connectivity index (χ0) is 35.3. The Bertz CT molecular complexity index is 2160. The van der Waals surface area contributed by atoms with Gasteiger partial charge in [-0.05, 0) is 106 Å². The summed E-state index contributed by atoms with van der Waals surface area (Å²) in [7, 11) is 0. The second-order valence-electron chi connectivity index (χ2n) is 14.8. The fraction of sp³-hybridized carbons (Fsp3) is 0.436. The summed E-state index contributed by atoms with van der Waals surface area (Å²) in [6, 6.07) is 15.6. The minimum atomic E-state index is -0.600. The van der Waals surface area contributed by atoms with Crippen molar-refractivity contribution in [2.45, 2.75) is 81.7 Å². The molecule has 3 aliphatic heterocycles. The molecule has 4 N–H and O–H groups in total. The molecule has 0 spiro atoms. The van der Waals surface area contributed by atoms with Crippen LogP contribution in [0.2, 0.25) is 0 Å². The molecule has 4 aliphatic rings. The molecule has 5 aromatic rings. The number of carbonyl (C=O) groups excluding carboxylic acids is 3. The molecule has 3 saturated heterocycles. The molecule has 6 heterocycles. The maximum Gasteiger partial charge on any atom is 0.271 e. The van der Waals surface area contributed by atoms with Gasteiger partial charge in [-0.15, -0.1) is 0 Å². The van der Waals surface area contributed by atoms with Gasteiger partial charge in [-0.25, -0.2) is 9.97 Å². The van der Waals surface area contributed by atoms with E-state index in [1.54, 1.807) is 6.20 Å². The van der Waals surface area contributed by atoms with Crippen LogP contribution in [-0.2, 0) is 9.59 Å². The second kappa shape index (κ2) is 13.4. The van der Waals surface area contributed by atoms with E-state index in [4.69, 9.17) is 15.2 Å². The monoisotopic (exact) mass is 701 g/mol. The number of nitrogens with two attached hydrogens (primary N) is 1. The van der Waals surface area contributed by atoms with Gasteiger partial charge >= 0.3 is 0 Å². The second-order valence-corrected chi connectivity index (χ2v) is 14.8. The maximum absolute atomic E-state index is 12.7. The van der Waals surface area contributed by atoms with E-state index in [9.17, 15) is 14.4 Å². The van der Waals surface area contributed by atoms with Crippen LogP contribution in [0.25, 0.3) is 21.9 Å². The Hall–Kier alpha value is -5.30. The lowest BCUT2D eigenvalue weighted by Gasteiger charge is -2.46. The largest absolute Gasteiger partial charge is 0.364 e. The number of nitrogens with one attached hydrogen (secondary N) is 2. The highest BCUT2D eigenvalue weighted by Gasteiger charge is 2.38. The highest BCUT2D eigenvalue weighted by molar-refractivity contribution is 6.09. The smallest absolute Gasteiger partial charge is 0.271 e. The van der Waals surface area contributed by atoms with E-state index >= 15 is 0 Å². The Balaban J connectivity index is 0.818. The number of anilines is 3. The van der Waals surface area contributed by atoms with Crippen molar-refractivity contribution >= 4 is 56.9 Å². The third-order valence-electron chi connectivity index (χ3n) is 11.8. The Morgan fingerprint density at radius 1 is 0.923 bits per heavy atom. The molecular weight excluding hydrogens is 658 g/mol. The van der Waals surface area contributed by atoms with E-state index in [1.807, 2.05) is 6.07 Å². The fourth-order valence-electron chi connectivity index (χ4n) is 8.79. The fourth-order valence-corrected chi connectivity index (χ4v) is 8.79. The summed E-state index contributed by atoms with van der Waals surface area (Å²) in [5.74, 6) is 0.0367. The zero-order valence-corrected chi connectivity index (χ0v) is 29.1. The average molecular weight is 702 g/mol. The molecule has 3 amide bonds. The quantitative estimate of drug-likeness (QED) is 0.176. The van der Waals surface area contributed by atoms with Crippen molar-refractivity contribution in [2.75, 3.05) is 36.4 Å². The third kappa shape index (κ3) is 5.96. The molecule has 9 rings (SSSR count). The summed E-state index contributed by atoms with van der Waals surface area (Å²) in [5, 5.41) is 12.0. The van der Waals surface area contributed by atoms with Crippen LogP contribution in [0.15, 0.2) is 59.4 Å². The number of likely N-dealkylation sites (tertiary alicyclic amines) is 1. The molecule has 13 heteroatoms. The van der Waals surface area contributed by atoms with Crippen LogP contribution in [0.1, 0.15) is 97.4 Å². The van der Waals surface area contributed by atoms with Crippen LogP contribution in [0.4, 0.5) is 17.3 Å². The lowest BCUT2D eigenvalue weighted by atomic mass is 9.82. The number of piperidine rings is 3. The first-order chi connectivity index (χ1) is 25.4. The summed E-state index contributed by atoms with van der Waals surface area (Å²) < 4.78 is 8.01. The molecule has 13 nitrogen and oxygen atoms in total. The topological polar surface area (TPSA) is 165 Å². The normalized spacial score (nSPS) is 23.2. The number of benzene rings is 2. The van der Waals surface area contributed by atoms with Gasteiger partial charge in [-0.2, -0.15) is 0 Å². The van der Waals surface area contributed by atoms with Crippen LogP contribution in [0.5, 0.6) is 0 Å². The van der Waals surface area contributed by atoms with Gasteiger partial charge in [0.2, 0.25) is 11.8 Å². The average Bonchev–Trinajstić information content (AvgIpc) is 3.77. The summed E-state index contributed by atoms with van der Waals surface area (Å²) >= 11 is 0. The number of aromatic nitrogens is 4. The van der Waals surface area contributed by atoms with Gasteiger partial charge in [0.15, 0.2) is 17.1 Å². The standard InChI is InChI=1S/C39H43N9O4/c40-37(50)36-38(43-32(22-41-36)47-15-2-1-3-16-47)42-25-6-4-23(5-7-25)24-12-17-46(18-13-24)26-20-27(21-26)48-19-14-28-30(48)9-10-31-34(28)35(45-52-31)29-8-11-33(49)44-39(29)51/h4-7,9-10,14,19,22,24,26-27,29H,1-3,8,11-13,15-18,20-21H2,(H2,40,50)(H,42,43)(H,44,49,51)/t26-,27+,29?. The lowest BCUT2D eigenvalue weighted by molar-refractivity contribution is -0.134. The highest BCUT2D eigenvalue weighted by Crippen LogP contribution is 2.43. The molecule has 1 unspecified atom stereocenters. The molecule has 1 saturated carbocycles. The van der Waals surface area contributed by atoms with Crippen LogP contribution in [0.3, 0.4) is 0 Å². The Kier molecular flexibility index (Phi) is 8.37. The molecule has 52 heavy (non-hydrogen) atoms. The van der Waals surface area contributed by atoms with Crippen molar-refractivity contribution in [3.05, 3.63) is 71.8 Å². The Morgan fingerprint density at radius 2 is 1.71 bits per heavy atom. The number of hydrogen-bond acceptors (Lipinski definition) is 10. The lowest BCUT2D eigenvalue weighted by Crippen LogP contribution is -2.48. The Morgan fingerprint density at radius 3 is 2.46 bits per heavy atom. The molecule has 1 atom stereocenters. The number of amides is 3. The predicted molar refractivity (Wildman–Crippen MR) is 197 cm³/mol. The summed E-state index contributed by atoms with van der Waals surface area (Å²) in [4.78, 5) is 50.5. The van der Waals surface area contributed by atoms with Crippen molar-refractivity contribution in [3.8, 4) is 0 Å². The number of carbonyl (C=O) groups is 3. The molecular formula is C39H43N9O4. The molecule has 0 radical (unpaired) electrons.